The largest absolute Gasteiger partial charge is 0.399 e. The SMILES string of the molecule is CON=C1CCC(C(Cl)(C#N)SCCC(F)(F)F)CC1.O=O. The summed E-state index contributed by atoms with van der Waals surface area (Å²) >= 11 is 7.10. The number of rotatable bonds is 5. The molecule has 0 aromatic heterocycles. The van der Waals surface area contributed by atoms with Gasteiger partial charge in [0, 0.05) is 21.6 Å². The van der Waals surface area contributed by atoms with E-state index in [1.54, 1.807) is 0 Å². The molecule has 1 atom stereocenters. The Balaban J connectivity index is 0.00000211. The Kier molecular flexibility index (Phi) is 9.44. The first-order valence-electron chi connectivity index (χ1n) is 6.37. The minimum absolute atomic E-state index is 0.136. The maximum atomic E-state index is 12.1. The lowest BCUT2D eigenvalue weighted by Gasteiger charge is -2.32. The number of halogens is 4. The molecular weight excluding hydrogens is 345 g/mol. The molecule has 0 aromatic rings. The van der Waals surface area contributed by atoms with E-state index in [1.165, 1.54) is 7.11 Å². The molecule has 126 valence electrons. The van der Waals surface area contributed by atoms with Gasteiger partial charge >= 0.3 is 6.18 Å². The van der Waals surface area contributed by atoms with Crippen molar-refractivity contribution >= 4 is 29.1 Å². The number of nitrogens with zero attached hydrogens (tertiary/aromatic N) is 2. The van der Waals surface area contributed by atoms with E-state index >= 15 is 0 Å². The molecule has 1 unspecified atom stereocenters. The summed E-state index contributed by atoms with van der Waals surface area (Å²) < 4.78 is 35.1. The Hall–Kier alpha value is -1.01. The fourth-order valence-electron chi connectivity index (χ4n) is 2.10. The second-order valence-electron chi connectivity index (χ2n) is 4.58. The van der Waals surface area contributed by atoms with Crippen LogP contribution in [0.3, 0.4) is 0 Å². The van der Waals surface area contributed by atoms with Crippen LogP contribution in [0, 0.1) is 27.2 Å². The molecule has 0 N–H and O–H groups in total. The number of nitriles is 1. The van der Waals surface area contributed by atoms with Crippen LogP contribution in [0.1, 0.15) is 32.1 Å². The second kappa shape index (κ2) is 9.90. The van der Waals surface area contributed by atoms with Crippen LogP contribution >= 0.6 is 23.4 Å². The van der Waals surface area contributed by atoms with Crippen LogP contribution in [0.4, 0.5) is 13.2 Å². The third-order valence-corrected chi connectivity index (χ3v) is 5.13. The van der Waals surface area contributed by atoms with Crippen molar-refractivity contribution in [1.29, 1.82) is 5.26 Å². The van der Waals surface area contributed by atoms with Crippen LogP contribution < -0.4 is 0 Å². The maximum absolute atomic E-state index is 12.1. The summed E-state index contributed by atoms with van der Waals surface area (Å²) in [6.07, 6.45) is -2.55. The third-order valence-electron chi connectivity index (χ3n) is 3.16. The van der Waals surface area contributed by atoms with Crippen LogP contribution in [0.15, 0.2) is 5.16 Å². The molecular formula is C12H16ClF3N2O3S. The monoisotopic (exact) mass is 360 g/mol. The van der Waals surface area contributed by atoms with Crippen molar-refractivity contribution in [2.24, 2.45) is 11.1 Å². The summed E-state index contributed by atoms with van der Waals surface area (Å²) in [5, 5.41) is 13.1. The first-order chi connectivity index (χ1) is 10.3. The highest BCUT2D eigenvalue weighted by Gasteiger charge is 2.40. The van der Waals surface area contributed by atoms with Crippen LogP contribution in [0.25, 0.3) is 0 Å². The number of thioether (sulfide) groups is 1. The molecule has 1 aliphatic rings. The van der Waals surface area contributed by atoms with E-state index in [1.807, 2.05) is 6.07 Å². The zero-order valence-corrected chi connectivity index (χ0v) is 13.4. The summed E-state index contributed by atoms with van der Waals surface area (Å²) in [5.41, 5.74) is 0.904. The Labute approximate surface area is 135 Å². The third kappa shape index (κ3) is 7.31. The average Bonchev–Trinajstić information content (AvgIpc) is 2.49. The van der Waals surface area contributed by atoms with Crippen LogP contribution in [0.2, 0.25) is 0 Å². The van der Waals surface area contributed by atoms with E-state index in [2.05, 4.69) is 5.16 Å². The lowest BCUT2D eigenvalue weighted by molar-refractivity contribution is -0.129. The van der Waals surface area contributed by atoms with E-state index in [9.17, 15) is 18.4 Å². The molecule has 1 saturated carbocycles. The topological polar surface area (TPSA) is 79.5 Å². The number of hydrogen-bond acceptors (Lipinski definition) is 6. The highest BCUT2D eigenvalue weighted by atomic mass is 35.5. The molecule has 0 spiro atoms. The fourth-order valence-corrected chi connectivity index (χ4v) is 3.72. The molecule has 0 bridgehead atoms. The van der Waals surface area contributed by atoms with E-state index in [-0.39, 0.29) is 11.7 Å². The van der Waals surface area contributed by atoms with Gasteiger partial charge in [0.2, 0.25) is 0 Å². The predicted molar refractivity (Wildman–Crippen MR) is 80.5 cm³/mol. The predicted octanol–water partition coefficient (Wildman–Crippen LogP) is 4.39. The normalized spacial score (nSPS) is 20.9. The van der Waals surface area contributed by atoms with Gasteiger partial charge in [-0.1, -0.05) is 16.8 Å². The van der Waals surface area contributed by atoms with Crippen molar-refractivity contribution < 1.29 is 18.0 Å². The van der Waals surface area contributed by atoms with Gasteiger partial charge < -0.3 is 4.84 Å². The van der Waals surface area contributed by atoms with Crippen molar-refractivity contribution in [3.63, 3.8) is 0 Å². The molecule has 1 aliphatic carbocycles. The lowest BCUT2D eigenvalue weighted by atomic mass is 9.85. The zero-order valence-electron chi connectivity index (χ0n) is 11.9. The Morgan fingerprint density at radius 2 is 1.95 bits per heavy atom. The zero-order chi connectivity index (χ0) is 17.2. The first kappa shape index (κ1) is 21.0. The molecule has 0 aromatic carbocycles. The first-order valence-corrected chi connectivity index (χ1v) is 7.73. The summed E-state index contributed by atoms with van der Waals surface area (Å²) in [6, 6.07) is 1.97. The van der Waals surface area contributed by atoms with Gasteiger partial charge in [0.25, 0.3) is 0 Å². The molecule has 1 rings (SSSR count). The molecule has 0 radical (unpaired) electrons. The molecule has 5 nitrogen and oxygen atoms in total. The van der Waals surface area contributed by atoms with Gasteiger partial charge in [-0.25, -0.2) is 0 Å². The standard InChI is InChI=1S/C12H16ClF3N2OS.O2/c1-19-18-10-4-2-9(3-5-10)11(13,8-17)20-7-6-12(14,15)16;1-2/h9H,2-7H2,1H3;. The quantitative estimate of drug-likeness (QED) is 0.536. The van der Waals surface area contributed by atoms with Gasteiger partial charge in [-0.2, -0.15) is 18.4 Å². The van der Waals surface area contributed by atoms with Gasteiger partial charge in [0.1, 0.15) is 7.11 Å². The van der Waals surface area contributed by atoms with Gasteiger partial charge in [0.15, 0.2) is 4.21 Å². The fraction of sp³-hybridized carbons (Fsp3) is 0.833. The number of oxime groups is 1. The van der Waals surface area contributed by atoms with Crippen LogP contribution in [-0.2, 0) is 4.84 Å². The second-order valence-corrected chi connectivity index (χ2v) is 6.75. The van der Waals surface area contributed by atoms with Crippen molar-refractivity contribution in [3.8, 4) is 6.07 Å². The van der Waals surface area contributed by atoms with Gasteiger partial charge in [-0.3, -0.25) is 0 Å². The number of hydrogen-bond donors (Lipinski definition) is 0. The van der Waals surface area contributed by atoms with E-state index in [0.717, 1.165) is 17.5 Å². The van der Waals surface area contributed by atoms with Crippen molar-refractivity contribution in [2.45, 2.75) is 42.5 Å². The van der Waals surface area contributed by atoms with Crippen LogP contribution in [0.5, 0.6) is 0 Å². The average molecular weight is 361 g/mol. The summed E-state index contributed by atoms with van der Waals surface area (Å²) in [5.74, 6) is -0.334. The Morgan fingerprint density at radius 1 is 1.41 bits per heavy atom. The van der Waals surface area contributed by atoms with Crippen molar-refractivity contribution in [1.82, 2.24) is 0 Å². The molecule has 0 saturated heterocycles. The highest BCUT2D eigenvalue weighted by molar-refractivity contribution is 8.02. The molecule has 22 heavy (non-hydrogen) atoms. The van der Waals surface area contributed by atoms with E-state index < -0.39 is 16.8 Å². The van der Waals surface area contributed by atoms with Crippen molar-refractivity contribution in [3.05, 3.63) is 9.93 Å². The van der Waals surface area contributed by atoms with Gasteiger partial charge in [-0.15, -0.1) is 11.8 Å². The van der Waals surface area contributed by atoms with Gasteiger partial charge in [-0.05, 0) is 25.7 Å². The lowest BCUT2D eigenvalue weighted by Crippen LogP contribution is -2.31. The minimum atomic E-state index is -4.22. The van der Waals surface area contributed by atoms with E-state index in [0.29, 0.717) is 25.7 Å². The maximum Gasteiger partial charge on any atom is 0.389 e. The molecule has 0 aliphatic heterocycles. The van der Waals surface area contributed by atoms with Gasteiger partial charge in [0.05, 0.1) is 18.2 Å². The highest BCUT2D eigenvalue weighted by Crippen LogP contribution is 2.44. The summed E-state index contributed by atoms with van der Waals surface area (Å²) in [6.45, 7) is 0. The molecule has 1 fully saturated rings. The van der Waals surface area contributed by atoms with Crippen LogP contribution in [-0.4, -0.2) is 29.0 Å². The van der Waals surface area contributed by atoms with E-state index in [4.69, 9.17) is 26.4 Å². The molecule has 0 heterocycles. The van der Waals surface area contributed by atoms with Crippen molar-refractivity contribution in [2.75, 3.05) is 12.9 Å². The summed E-state index contributed by atoms with van der Waals surface area (Å²) in [7, 11) is 1.47. The molecule has 0 amide bonds. The number of alkyl halides is 4. The Morgan fingerprint density at radius 3 is 2.36 bits per heavy atom. The minimum Gasteiger partial charge on any atom is -0.399 e. The summed E-state index contributed by atoms with van der Waals surface area (Å²) in [4.78, 5) is 18.7. The molecule has 10 heteroatoms. The smallest absolute Gasteiger partial charge is 0.389 e. The Bertz CT molecular complexity index is 407.